The summed E-state index contributed by atoms with van der Waals surface area (Å²) in [5.74, 6) is 0. The molecule has 1 N–H and O–H groups in total. The van der Waals surface area contributed by atoms with Gasteiger partial charge in [0.25, 0.3) is 0 Å². The fourth-order valence-electron chi connectivity index (χ4n) is 0.668. The van der Waals surface area contributed by atoms with Crippen LogP contribution in [0, 0.1) is 0 Å². The van der Waals surface area contributed by atoms with Crippen LogP contribution in [0.25, 0.3) is 0 Å². The lowest BCUT2D eigenvalue weighted by molar-refractivity contribution is -0.105. The third-order valence-corrected chi connectivity index (χ3v) is 1.25. The van der Waals surface area contributed by atoms with Gasteiger partial charge in [-0.3, -0.25) is 4.79 Å². The Balaban J connectivity index is 2.83. The lowest BCUT2D eigenvalue weighted by atomic mass is 10.3. The highest BCUT2D eigenvalue weighted by atomic mass is 16.1. The number of carbonyl (C=O) groups excluding carboxylic acids is 1. The molecule has 0 fully saturated rings. The molecule has 0 saturated heterocycles. The molecule has 0 unspecified atom stereocenters. The molecule has 1 aliphatic heterocycles. The smallest absolute Gasteiger partial charge is 0.166 e. The summed E-state index contributed by atoms with van der Waals surface area (Å²) in [5, 5.41) is 2.82. The molecule has 10 heavy (non-hydrogen) atoms. The molecule has 1 aliphatic rings. The summed E-state index contributed by atoms with van der Waals surface area (Å²) >= 11 is 0. The molecular formula is C8H9NO. The summed E-state index contributed by atoms with van der Waals surface area (Å²) in [6.45, 7) is 1.97. The second-order valence-electron chi connectivity index (χ2n) is 2.13. The van der Waals surface area contributed by atoms with Crippen LogP contribution in [0.1, 0.15) is 6.92 Å². The van der Waals surface area contributed by atoms with Crippen molar-refractivity contribution in [3.8, 4) is 0 Å². The Morgan fingerprint density at radius 1 is 1.50 bits per heavy atom. The number of nitrogens with one attached hydrogen (secondary N) is 1. The maximum absolute atomic E-state index is 10.2. The minimum Gasteiger partial charge on any atom is -0.359 e. The third kappa shape index (κ3) is 1.58. The number of carbonyl (C=O) groups is 1. The van der Waals surface area contributed by atoms with Crippen LogP contribution in [0.15, 0.2) is 35.7 Å². The zero-order valence-corrected chi connectivity index (χ0v) is 5.79. The Hall–Kier alpha value is -1.31. The second-order valence-corrected chi connectivity index (χ2v) is 2.13. The van der Waals surface area contributed by atoms with Gasteiger partial charge in [0.1, 0.15) is 0 Å². The van der Waals surface area contributed by atoms with Gasteiger partial charge in [-0.2, -0.15) is 0 Å². The van der Waals surface area contributed by atoms with E-state index in [-0.39, 0.29) is 0 Å². The van der Waals surface area contributed by atoms with E-state index < -0.39 is 0 Å². The fourth-order valence-corrected chi connectivity index (χ4v) is 0.668. The first-order chi connectivity index (χ1) is 4.83. The summed E-state index contributed by atoms with van der Waals surface area (Å²) in [7, 11) is 0. The van der Waals surface area contributed by atoms with Crippen LogP contribution in [0.4, 0.5) is 0 Å². The summed E-state index contributed by atoms with van der Waals surface area (Å²) in [4.78, 5) is 10.2. The SMILES string of the molecule is CC1=CC=C(C=O)NC=C1. The maximum atomic E-state index is 10.2. The van der Waals surface area contributed by atoms with E-state index in [2.05, 4.69) is 5.32 Å². The topological polar surface area (TPSA) is 29.1 Å². The van der Waals surface area contributed by atoms with Crippen molar-refractivity contribution in [1.29, 1.82) is 0 Å². The van der Waals surface area contributed by atoms with Crippen LogP contribution >= 0.6 is 0 Å². The predicted octanol–water partition coefficient (Wildman–Crippen LogP) is 1.13. The number of rotatable bonds is 1. The Kier molecular flexibility index (Phi) is 2.05. The second kappa shape index (κ2) is 3.01. The lowest BCUT2D eigenvalue weighted by Gasteiger charge is -1.91. The van der Waals surface area contributed by atoms with Crippen LogP contribution in [-0.4, -0.2) is 6.29 Å². The number of hydrogen-bond donors (Lipinski definition) is 1. The average molecular weight is 135 g/mol. The van der Waals surface area contributed by atoms with Gasteiger partial charge in [0.2, 0.25) is 0 Å². The minimum absolute atomic E-state index is 0.591. The molecule has 0 aromatic heterocycles. The normalized spacial score (nSPS) is 16.5. The van der Waals surface area contributed by atoms with Crippen molar-refractivity contribution in [1.82, 2.24) is 5.32 Å². The first-order valence-electron chi connectivity index (χ1n) is 3.10. The van der Waals surface area contributed by atoms with Gasteiger partial charge in [-0.15, -0.1) is 0 Å². The molecule has 52 valence electrons. The summed E-state index contributed by atoms with van der Waals surface area (Å²) in [6, 6.07) is 0. The van der Waals surface area contributed by atoms with E-state index in [4.69, 9.17) is 0 Å². The van der Waals surface area contributed by atoms with Gasteiger partial charge < -0.3 is 5.32 Å². The maximum Gasteiger partial charge on any atom is 0.166 e. The van der Waals surface area contributed by atoms with Crippen molar-refractivity contribution in [3.05, 3.63) is 35.7 Å². The third-order valence-electron chi connectivity index (χ3n) is 1.25. The van der Waals surface area contributed by atoms with E-state index in [1.165, 1.54) is 0 Å². The van der Waals surface area contributed by atoms with E-state index >= 15 is 0 Å². The first-order valence-corrected chi connectivity index (χ1v) is 3.10. The molecule has 0 spiro atoms. The van der Waals surface area contributed by atoms with Crippen molar-refractivity contribution in [2.45, 2.75) is 6.92 Å². The van der Waals surface area contributed by atoms with Crippen LogP contribution in [-0.2, 0) is 4.79 Å². The van der Waals surface area contributed by atoms with Crippen molar-refractivity contribution < 1.29 is 4.79 Å². The summed E-state index contributed by atoms with van der Waals surface area (Å²) in [6.07, 6.45) is 8.09. The Morgan fingerprint density at radius 3 is 3.00 bits per heavy atom. The summed E-state index contributed by atoms with van der Waals surface area (Å²) < 4.78 is 0. The van der Waals surface area contributed by atoms with Gasteiger partial charge in [-0.1, -0.05) is 6.08 Å². The van der Waals surface area contributed by atoms with E-state index in [0.717, 1.165) is 11.9 Å². The minimum atomic E-state index is 0.591. The van der Waals surface area contributed by atoms with Crippen LogP contribution in [0.2, 0.25) is 0 Å². The highest BCUT2D eigenvalue weighted by molar-refractivity contribution is 5.73. The van der Waals surface area contributed by atoms with E-state index in [1.807, 2.05) is 19.1 Å². The molecule has 0 saturated carbocycles. The van der Waals surface area contributed by atoms with E-state index in [0.29, 0.717) is 5.70 Å². The zero-order chi connectivity index (χ0) is 7.40. The number of allylic oxidation sites excluding steroid dienone is 5. The Morgan fingerprint density at radius 2 is 2.30 bits per heavy atom. The molecular weight excluding hydrogens is 126 g/mol. The van der Waals surface area contributed by atoms with Crippen molar-refractivity contribution >= 4 is 6.29 Å². The van der Waals surface area contributed by atoms with Gasteiger partial charge in [0, 0.05) is 6.20 Å². The van der Waals surface area contributed by atoms with Crippen LogP contribution in [0.5, 0.6) is 0 Å². The highest BCUT2D eigenvalue weighted by Crippen LogP contribution is 1.99. The molecule has 0 aliphatic carbocycles. The van der Waals surface area contributed by atoms with Crippen LogP contribution in [0.3, 0.4) is 0 Å². The molecule has 1 heterocycles. The van der Waals surface area contributed by atoms with Gasteiger partial charge in [0.05, 0.1) is 5.70 Å². The molecule has 0 bridgehead atoms. The monoisotopic (exact) mass is 135 g/mol. The molecule has 2 nitrogen and oxygen atoms in total. The number of aldehydes is 1. The number of hydrogen-bond acceptors (Lipinski definition) is 2. The molecule has 0 aromatic rings. The fraction of sp³-hybridized carbons (Fsp3) is 0.125. The van der Waals surface area contributed by atoms with Crippen LogP contribution < -0.4 is 5.32 Å². The lowest BCUT2D eigenvalue weighted by Crippen LogP contribution is -2.03. The van der Waals surface area contributed by atoms with E-state index in [9.17, 15) is 4.79 Å². The average Bonchev–Trinajstić information content (AvgIpc) is 2.14. The highest BCUT2D eigenvalue weighted by Gasteiger charge is 1.91. The molecule has 0 aromatic carbocycles. The molecule has 0 amide bonds. The Bertz CT molecular complexity index is 223. The summed E-state index contributed by atoms with van der Waals surface area (Å²) in [5.41, 5.74) is 1.72. The van der Waals surface area contributed by atoms with Gasteiger partial charge >= 0.3 is 0 Å². The largest absolute Gasteiger partial charge is 0.359 e. The Labute approximate surface area is 59.9 Å². The first kappa shape index (κ1) is 6.81. The molecule has 0 atom stereocenters. The molecule has 2 heteroatoms. The van der Waals surface area contributed by atoms with Gasteiger partial charge in [-0.05, 0) is 24.6 Å². The quantitative estimate of drug-likeness (QED) is 0.546. The van der Waals surface area contributed by atoms with Crippen molar-refractivity contribution in [2.24, 2.45) is 0 Å². The molecule has 1 rings (SSSR count). The molecule has 0 radical (unpaired) electrons. The van der Waals surface area contributed by atoms with Gasteiger partial charge in [-0.25, -0.2) is 0 Å². The standard InChI is InChI=1S/C8H9NO/c1-7-2-3-8(6-10)9-5-4-7/h2-6,9H,1H3. The zero-order valence-electron chi connectivity index (χ0n) is 5.79. The predicted molar refractivity (Wildman–Crippen MR) is 40.2 cm³/mol. The van der Waals surface area contributed by atoms with E-state index in [1.54, 1.807) is 12.3 Å². The van der Waals surface area contributed by atoms with Crippen molar-refractivity contribution in [2.75, 3.05) is 0 Å². The van der Waals surface area contributed by atoms with Gasteiger partial charge in [0.15, 0.2) is 6.29 Å². The van der Waals surface area contributed by atoms with Crippen molar-refractivity contribution in [3.63, 3.8) is 0 Å².